The van der Waals surface area contributed by atoms with E-state index in [0.29, 0.717) is 6.54 Å². The Morgan fingerprint density at radius 3 is 3.06 bits per heavy atom. The number of rotatable bonds is 3. The van der Waals surface area contributed by atoms with Crippen molar-refractivity contribution in [1.82, 2.24) is 4.90 Å². The number of hydrogen-bond donors (Lipinski definition) is 1. The number of halogens is 1. The number of piperidine rings is 1. The standard InChI is InChI=1S/C12H19BrN2O/c1-9-3-2-5-15(8-9)11(7-14)12-10(13)4-6-16-12/h4,6,9,11H,2-3,5,7-8,14H2,1H3. The van der Waals surface area contributed by atoms with E-state index in [1.165, 1.54) is 12.8 Å². The van der Waals surface area contributed by atoms with Gasteiger partial charge in [0.15, 0.2) is 0 Å². The van der Waals surface area contributed by atoms with Gasteiger partial charge in [0.25, 0.3) is 0 Å². The van der Waals surface area contributed by atoms with Crippen LogP contribution in [0.3, 0.4) is 0 Å². The van der Waals surface area contributed by atoms with Crippen LogP contribution in [0.15, 0.2) is 21.2 Å². The number of hydrogen-bond acceptors (Lipinski definition) is 3. The minimum Gasteiger partial charge on any atom is -0.466 e. The third-order valence-electron chi connectivity index (χ3n) is 3.30. The lowest BCUT2D eigenvalue weighted by Gasteiger charge is -2.35. The van der Waals surface area contributed by atoms with Gasteiger partial charge in [-0.15, -0.1) is 0 Å². The largest absolute Gasteiger partial charge is 0.466 e. The molecule has 0 aliphatic carbocycles. The highest BCUT2D eigenvalue weighted by Gasteiger charge is 2.27. The van der Waals surface area contributed by atoms with Crippen molar-refractivity contribution in [1.29, 1.82) is 0 Å². The van der Waals surface area contributed by atoms with Crippen molar-refractivity contribution in [2.24, 2.45) is 11.7 Å². The zero-order chi connectivity index (χ0) is 11.5. The van der Waals surface area contributed by atoms with E-state index >= 15 is 0 Å². The summed E-state index contributed by atoms with van der Waals surface area (Å²) < 4.78 is 6.57. The van der Waals surface area contributed by atoms with Crippen LogP contribution in [0.4, 0.5) is 0 Å². The average molecular weight is 287 g/mol. The molecule has 90 valence electrons. The van der Waals surface area contributed by atoms with Gasteiger partial charge in [-0.25, -0.2) is 0 Å². The van der Waals surface area contributed by atoms with Crippen LogP contribution in [0.5, 0.6) is 0 Å². The average Bonchev–Trinajstić information content (AvgIpc) is 2.67. The molecule has 1 aliphatic heterocycles. The summed E-state index contributed by atoms with van der Waals surface area (Å²) in [5.41, 5.74) is 5.89. The van der Waals surface area contributed by atoms with Crippen LogP contribution in [0.1, 0.15) is 31.6 Å². The fraction of sp³-hybridized carbons (Fsp3) is 0.667. The first-order valence-electron chi connectivity index (χ1n) is 5.89. The van der Waals surface area contributed by atoms with Gasteiger partial charge in [0.2, 0.25) is 0 Å². The second-order valence-corrected chi connectivity index (χ2v) is 5.48. The lowest BCUT2D eigenvalue weighted by molar-refractivity contribution is 0.119. The first kappa shape index (κ1) is 12.1. The lowest BCUT2D eigenvalue weighted by atomic mass is 9.98. The Morgan fingerprint density at radius 2 is 2.50 bits per heavy atom. The van der Waals surface area contributed by atoms with Gasteiger partial charge >= 0.3 is 0 Å². The molecule has 3 nitrogen and oxygen atoms in total. The molecule has 1 aromatic rings. The highest BCUT2D eigenvalue weighted by molar-refractivity contribution is 9.10. The summed E-state index contributed by atoms with van der Waals surface area (Å²) in [4.78, 5) is 2.44. The maximum Gasteiger partial charge on any atom is 0.136 e. The quantitative estimate of drug-likeness (QED) is 0.929. The highest BCUT2D eigenvalue weighted by Crippen LogP contribution is 2.31. The second kappa shape index (κ2) is 5.34. The van der Waals surface area contributed by atoms with Crippen molar-refractivity contribution < 1.29 is 4.42 Å². The first-order chi connectivity index (χ1) is 7.72. The van der Waals surface area contributed by atoms with E-state index in [2.05, 4.69) is 27.8 Å². The predicted molar refractivity (Wildman–Crippen MR) is 68.2 cm³/mol. The molecular weight excluding hydrogens is 268 g/mol. The predicted octanol–water partition coefficient (Wildman–Crippen LogP) is 2.77. The Bertz CT molecular complexity index is 340. The van der Waals surface area contributed by atoms with Crippen LogP contribution in [0, 0.1) is 5.92 Å². The molecule has 1 saturated heterocycles. The van der Waals surface area contributed by atoms with E-state index in [1.54, 1.807) is 6.26 Å². The van der Waals surface area contributed by atoms with E-state index < -0.39 is 0 Å². The van der Waals surface area contributed by atoms with Crippen LogP contribution in [0.25, 0.3) is 0 Å². The molecule has 0 radical (unpaired) electrons. The van der Waals surface area contributed by atoms with E-state index in [4.69, 9.17) is 10.2 Å². The molecule has 0 aromatic carbocycles. The highest BCUT2D eigenvalue weighted by atomic mass is 79.9. The minimum absolute atomic E-state index is 0.215. The molecule has 0 saturated carbocycles. The van der Waals surface area contributed by atoms with E-state index in [-0.39, 0.29) is 6.04 Å². The summed E-state index contributed by atoms with van der Waals surface area (Å²) in [6.07, 6.45) is 4.30. The normalized spacial score (nSPS) is 24.6. The molecule has 0 amide bonds. The molecule has 1 aliphatic rings. The van der Waals surface area contributed by atoms with Crippen LogP contribution in [0.2, 0.25) is 0 Å². The summed E-state index contributed by atoms with van der Waals surface area (Å²) in [6, 6.07) is 2.15. The van der Waals surface area contributed by atoms with Gasteiger partial charge in [0.1, 0.15) is 5.76 Å². The van der Waals surface area contributed by atoms with Crippen molar-refractivity contribution in [2.45, 2.75) is 25.8 Å². The summed E-state index contributed by atoms with van der Waals surface area (Å²) >= 11 is 3.51. The molecule has 1 aromatic heterocycles. The molecule has 0 spiro atoms. The first-order valence-corrected chi connectivity index (χ1v) is 6.68. The zero-order valence-electron chi connectivity index (χ0n) is 9.66. The number of furan rings is 1. The maximum absolute atomic E-state index is 5.89. The van der Waals surface area contributed by atoms with Crippen molar-refractivity contribution in [3.63, 3.8) is 0 Å². The van der Waals surface area contributed by atoms with Gasteiger partial charge in [-0.2, -0.15) is 0 Å². The van der Waals surface area contributed by atoms with Crippen LogP contribution in [-0.4, -0.2) is 24.5 Å². The summed E-state index contributed by atoms with van der Waals surface area (Å²) in [5.74, 6) is 1.73. The van der Waals surface area contributed by atoms with Gasteiger partial charge in [0, 0.05) is 13.1 Å². The smallest absolute Gasteiger partial charge is 0.136 e. The van der Waals surface area contributed by atoms with Gasteiger partial charge < -0.3 is 10.2 Å². The molecule has 0 bridgehead atoms. The topological polar surface area (TPSA) is 42.4 Å². The fourth-order valence-corrected chi connectivity index (χ4v) is 2.94. The van der Waals surface area contributed by atoms with Crippen molar-refractivity contribution in [3.8, 4) is 0 Å². The van der Waals surface area contributed by atoms with Crippen LogP contribution < -0.4 is 5.73 Å². The van der Waals surface area contributed by atoms with Gasteiger partial charge in [-0.1, -0.05) is 6.92 Å². The molecule has 2 unspecified atom stereocenters. The van der Waals surface area contributed by atoms with E-state index in [9.17, 15) is 0 Å². The van der Waals surface area contributed by atoms with Crippen molar-refractivity contribution in [2.75, 3.05) is 19.6 Å². The van der Waals surface area contributed by atoms with Crippen molar-refractivity contribution in [3.05, 3.63) is 22.6 Å². The monoisotopic (exact) mass is 286 g/mol. The Kier molecular flexibility index (Phi) is 4.05. The number of nitrogens with two attached hydrogens (primary N) is 1. The summed E-state index contributed by atoms with van der Waals surface area (Å²) in [5, 5.41) is 0. The van der Waals surface area contributed by atoms with Gasteiger partial charge in [-0.3, -0.25) is 4.90 Å². The van der Waals surface area contributed by atoms with Gasteiger partial charge in [0.05, 0.1) is 16.8 Å². The molecule has 1 fully saturated rings. The fourth-order valence-electron chi connectivity index (χ4n) is 2.47. The molecule has 2 rings (SSSR count). The minimum atomic E-state index is 0.215. The third-order valence-corrected chi connectivity index (χ3v) is 3.96. The maximum atomic E-state index is 5.89. The Morgan fingerprint density at radius 1 is 1.69 bits per heavy atom. The molecule has 16 heavy (non-hydrogen) atoms. The summed E-state index contributed by atoms with van der Waals surface area (Å²) in [6.45, 7) is 5.16. The third kappa shape index (κ3) is 2.50. The molecule has 2 atom stereocenters. The van der Waals surface area contributed by atoms with E-state index in [1.807, 2.05) is 6.07 Å². The molecular formula is C12H19BrN2O. The lowest BCUT2D eigenvalue weighted by Crippen LogP contribution is -2.40. The summed E-state index contributed by atoms with van der Waals surface area (Å²) in [7, 11) is 0. The molecule has 2 heterocycles. The number of nitrogens with zero attached hydrogens (tertiary/aromatic N) is 1. The Balaban J connectivity index is 2.13. The zero-order valence-corrected chi connectivity index (χ0v) is 11.2. The second-order valence-electron chi connectivity index (χ2n) is 4.63. The Hall–Kier alpha value is -0.320. The SMILES string of the molecule is CC1CCCN(C(CN)c2occc2Br)C1. The van der Waals surface area contributed by atoms with Crippen LogP contribution in [-0.2, 0) is 0 Å². The Labute approximate surface area is 105 Å². The molecule has 4 heteroatoms. The van der Waals surface area contributed by atoms with Crippen molar-refractivity contribution >= 4 is 15.9 Å². The van der Waals surface area contributed by atoms with Gasteiger partial charge in [-0.05, 0) is 47.3 Å². The van der Waals surface area contributed by atoms with E-state index in [0.717, 1.165) is 29.2 Å². The number of likely N-dealkylation sites (tertiary alicyclic amines) is 1. The molecule has 2 N–H and O–H groups in total. The van der Waals surface area contributed by atoms with Crippen LogP contribution >= 0.6 is 15.9 Å².